The minimum Gasteiger partial charge on any atom is -0.507 e. The van der Waals surface area contributed by atoms with Crippen LogP contribution in [-0.2, 0) is 21.7 Å². The van der Waals surface area contributed by atoms with Gasteiger partial charge in [-0.1, -0.05) is 153 Å². The Labute approximate surface area is 373 Å². The number of fused-ring (bicyclic) bond motifs is 1. The SMILES string of the molecule is CC(C)(C)c1ccc(-n2c(-c3cc(C(C)(C)C)cc(C(C)(C)C)c3O)nc3c(-c4cc(-c5cc(-c6ccccc6)ccn5)cc(C56CC(C5)C6)c4)cccc32)c(-c2ccccc2)c1. The van der Waals surface area contributed by atoms with Gasteiger partial charge in [0.2, 0.25) is 0 Å². The Kier molecular flexibility index (Phi) is 9.49. The fraction of sp³-hybridized carbons (Fsp3) is 0.288. The molecule has 4 heteroatoms. The molecule has 4 nitrogen and oxygen atoms in total. The van der Waals surface area contributed by atoms with Gasteiger partial charge in [-0.25, -0.2) is 4.98 Å². The number of aromatic nitrogens is 3. The third-order valence-corrected chi connectivity index (χ3v) is 14.0. The highest BCUT2D eigenvalue weighted by Crippen LogP contribution is 2.65. The van der Waals surface area contributed by atoms with Crippen LogP contribution >= 0.6 is 0 Å². The highest BCUT2D eigenvalue weighted by molar-refractivity contribution is 5.98. The fourth-order valence-corrected chi connectivity index (χ4v) is 10.1. The molecule has 2 aromatic heterocycles. The number of hydrogen-bond acceptors (Lipinski definition) is 3. The third-order valence-electron chi connectivity index (χ3n) is 14.0. The number of para-hydroxylation sites is 1. The van der Waals surface area contributed by atoms with Crippen molar-refractivity contribution in [1.29, 1.82) is 0 Å². The van der Waals surface area contributed by atoms with Crippen LogP contribution in [0.2, 0.25) is 0 Å². The summed E-state index contributed by atoms with van der Waals surface area (Å²) in [5.74, 6) is 1.84. The summed E-state index contributed by atoms with van der Waals surface area (Å²) >= 11 is 0. The van der Waals surface area contributed by atoms with Gasteiger partial charge in [0.05, 0.1) is 28.0 Å². The zero-order chi connectivity index (χ0) is 44.1. The largest absolute Gasteiger partial charge is 0.507 e. The van der Waals surface area contributed by atoms with E-state index in [2.05, 4.69) is 206 Å². The van der Waals surface area contributed by atoms with Crippen LogP contribution in [0.25, 0.3) is 72.7 Å². The predicted octanol–water partition coefficient (Wildman–Crippen LogP) is 15.4. The molecule has 0 radical (unpaired) electrons. The average molecular weight is 826 g/mol. The van der Waals surface area contributed by atoms with E-state index in [4.69, 9.17) is 9.97 Å². The van der Waals surface area contributed by atoms with Gasteiger partial charge in [-0.15, -0.1) is 0 Å². The lowest BCUT2D eigenvalue weighted by atomic mass is 9.42. The topological polar surface area (TPSA) is 50.9 Å². The maximum atomic E-state index is 12.6. The summed E-state index contributed by atoms with van der Waals surface area (Å²) in [6.07, 6.45) is 5.70. The lowest BCUT2D eigenvalue weighted by Gasteiger charge is -2.62. The van der Waals surface area contributed by atoms with Gasteiger partial charge in [0.1, 0.15) is 11.6 Å². The summed E-state index contributed by atoms with van der Waals surface area (Å²) in [7, 11) is 0. The molecule has 2 heterocycles. The molecule has 3 aliphatic rings. The fourth-order valence-electron chi connectivity index (χ4n) is 10.1. The van der Waals surface area contributed by atoms with Gasteiger partial charge in [0.25, 0.3) is 0 Å². The van der Waals surface area contributed by atoms with Gasteiger partial charge in [0.15, 0.2) is 0 Å². The van der Waals surface area contributed by atoms with E-state index in [0.29, 0.717) is 0 Å². The zero-order valence-electron chi connectivity index (χ0n) is 38.3. The third kappa shape index (κ3) is 7.18. The Balaban J connectivity index is 1.27. The minimum absolute atomic E-state index is 0.0609. The van der Waals surface area contributed by atoms with Crippen LogP contribution in [0.4, 0.5) is 0 Å². The molecule has 0 aliphatic heterocycles. The number of rotatable bonds is 7. The molecule has 0 saturated heterocycles. The number of hydrogen-bond donors (Lipinski definition) is 1. The Hall–Kier alpha value is -6.26. The average Bonchev–Trinajstić information content (AvgIpc) is 3.61. The highest BCUT2D eigenvalue weighted by atomic mass is 16.3. The Morgan fingerprint density at radius 3 is 1.83 bits per heavy atom. The summed E-state index contributed by atoms with van der Waals surface area (Å²) in [4.78, 5) is 10.7. The molecule has 2 bridgehead atoms. The summed E-state index contributed by atoms with van der Waals surface area (Å²) < 4.78 is 2.32. The quantitative estimate of drug-likeness (QED) is 0.174. The monoisotopic (exact) mass is 825 g/mol. The van der Waals surface area contributed by atoms with Gasteiger partial charge in [-0.3, -0.25) is 9.55 Å². The number of nitrogens with zero attached hydrogens (tertiary/aromatic N) is 3. The molecule has 0 atom stereocenters. The van der Waals surface area contributed by atoms with E-state index in [1.54, 1.807) is 0 Å². The van der Waals surface area contributed by atoms with Crippen molar-refractivity contribution in [2.45, 2.75) is 103 Å². The van der Waals surface area contributed by atoms with Crippen molar-refractivity contribution in [3.8, 4) is 67.5 Å². The number of phenolic OH excluding ortho intramolecular Hbond substituents is 1. The molecule has 0 amide bonds. The van der Waals surface area contributed by atoms with E-state index in [9.17, 15) is 5.11 Å². The van der Waals surface area contributed by atoms with E-state index in [1.165, 1.54) is 36.0 Å². The number of benzene rings is 6. The molecule has 6 aromatic carbocycles. The van der Waals surface area contributed by atoms with Crippen LogP contribution in [0.3, 0.4) is 0 Å². The summed E-state index contributed by atoms with van der Waals surface area (Å²) in [6, 6.07) is 50.7. The van der Waals surface area contributed by atoms with Crippen molar-refractivity contribution < 1.29 is 5.11 Å². The molecule has 8 aromatic rings. The van der Waals surface area contributed by atoms with Gasteiger partial charge >= 0.3 is 0 Å². The van der Waals surface area contributed by atoms with Gasteiger partial charge in [-0.2, -0.15) is 0 Å². The Bertz CT molecular complexity index is 3030. The molecule has 316 valence electrons. The second kappa shape index (κ2) is 14.7. The molecule has 11 rings (SSSR count). The molecule has 3 aliphatic carbocycles. The van der Waals surface area contributed by atoms with Gasteiger partial charge in [0, 0.05) is 28.5 Å². The Morgan fingerprint density at radius 2 is 1.19 bits per heavy atom. The maximum absolute atomic E-state index is 12.6. The maximum Gasteiger partial charge on any atom is 0.149 e. The van der Waals surface area contributed by atoms with E-state index in [1.807, 2.05) is 6.20 Å². The molecule has 0 unspecified atom stereocenters. The van der Waals surface area contributed by atoms with Crippen LogP contribution in [0.5, 0.6) is 5.75 Å². The summed E-state index contributed by atoms with van der Waals surface area (Å²) in [5.41, 5.74) is 16.9. The van der Waals surface area contributed by atoms with E-state index in [0.717, 1.165) is 84.2 Å². The van der Waals surface area contributed by atoms with Crippen molar-refractivity contribution in [2.75, 3.05) is 0 Å². The molecule has 3 saturated carbocycles. The molecule has 1 N–H and O–H groups in total. The predicted molar refractivity (Wildman–Crippen MR) is 263 cm³/mol. The van der Waals surface area contributed by atoms with E-state index in [-0.39, 0.29) is 27.4 Å². The molecule has 3 fully saturated rings. The molecular weight excluding hydrogens is 767 g/mol. The van der Waals surface area contributed by atoms with Crippen molar-refractivity contribution in [2.24, 2.45) is 5.92 Å². The van der Waals surface area contributed by atoms with Crippen LogP contribution in [0.1, 0.15) is 104 Å². The lowest BCUT2D eigenvalue weighted by molar-refractivity contribution is -0.0273. The van der Waals surface area contributed by atoms with Gasteiger partial charge < -0.3 is 5.11 Å². The number of aromatic hydroxyl groups is 1. The summed E-state index contributed by atoms with van der Waals surface area (Å²) in [6.45, 7) is 20.1. The summed E-state index contributed by atoms with van der Waals surface area (Å²) in [5, 5.41) is 12.6. The number of imidazole rings is 1. The molecule has 63 heavy (non-hydrogen) atoms. The number of pyridine rings is 1. The highest BCUT2D eigenvalue weighted by Gasteiger charge is 2.57. The van der Waals surface area contributed by atoms with Crippen LogP contribution < -0.4 is 0 Å². The number of phenols is 1. The van der Waals surface area contributed by atoms with Crippen LogP contribution in [0, 0.1) is 5.92 Å². The second-order valence-electron chi connectivity index (χ2n) is 21.6. The first-order valence-corrected chi connectivity index (χ1v) is 22.7. The first-order chi connectivity index (χ1) is 30.0. The first-order valence-electron chi connectivity index (χ1n) is 22.7. The normalized spacial score (nSPS) is 17.4. The lowest BCUT2D eigenvalue weighted by Crippen LogP contribution is -2.55. The van der Waals surface area contributed by atoms with Crippen LogP contribution in [-0.4, -0.2) is 19.6 Å². The first kappa shape index (κ1) is 40.8. The second-order valence-corrected chi connectivity index (χ2v) is 21.6. The zero-order valence-corrected chi connectivity index (χ0v) is 38.3. The molecular formula is C59H59N3O. The Morgan fingerprint density at radius 1 is 0.540 bits per heavy atom. The van der Waals surface area contributed by atoms with E-state index < -0.39 is 0 Å². The van der Waals surface area contributed by atoms with Crippen molar-refractivity contribution in [3.05, 3.63) is 168 Å². The van der Waals surface area contributed by atoms with Crippen molar-refractivity contribution >= 4 is 11.0 Å². The van der Waals surface area contributed by atoms with Crippen LogP contribution in [0.15, 0.2) is 146 Å². The van der Waals surface area contributed by atoms with Crippen molar-refractivity contribution in [3.63, 3.8) is 0 Å². The van der Waals surface area contributed by atoms with Gasteiger partial charge in [-0.05, 0) is 134 Å². The minimum atomic E-state index is -0.310. The standard InChI is InChI=1S/C59H59N3O/c1-56(2,3)43-23-24-51(47(31-43)39-19-14-11-15-20-39)62-52-22-16-21-46(53(52)61-55(62)48-32-44(57(4,5)6)33-49(54(48)63)58(7,8)9)41-27-42(29-45(28-41)59-34-37(35-59)36-59)50-30-40(25-26-60-50)38-17-12-10-13-18-38/h10-33,37,63H,34-36H2,1-9H3. The smallest absolute Gasteiger partial charge is 0.149 e. The molecule has 0 spiro atoms. The van der Waals surface area contributed by atoms with E-state index >= 15 is 0 Å². The van der Waals surface area contributed by atoms with Crippen molar-refractivity contribution in [1.82, 2.24) is 14.5 Å².